The van der Waals surface area contributed by atoms with Gasteiger partial charge in [-0.15, -0.1) is 0 Å². The van der Waals surface area contributed by atoms with E-state index >= 15 is 0 Å². The van der Waals surface area contributed by atoms with Crippen molar-refractivity contribution < 1.29 is 9.59 Å². The number of amides is 2. The summed E-state index contributed by atoms with van der Waals surface area (Å²) in [6.45, 7) is 6.24. The van der Waals surface area contributed by atoms with Crippen LogP contribution in [0.3, 0.4) is 0 Å². The molecule has 5 nitrogen and oxygen atoms in total. The van der Waals surface area contributed by atoms with Crippen LogP contribution < -0.4 is 0 Å². The Morgan fingerprint density at radius 2 is 2.21 bits per heavy atom. The Balaban J connectivity index is 1.55. The SMILES string of the molecule is CC(C)CC(=O)N1CC[C@]2(C[C@@H]2C(=O)N(C)Cc2ccccn2)C1. The molecule has 1 saturated carbocycles. The van der Waals surface area contributed by atoms with Crippen molar-refractivity contribution in [2.75, 3.05) is 20.1 Å². The van der Waals surface area contributed by atoms with Gasteiger partial charge in [0.1, 0.15) is 0 Å². The van der Waals surface area contributed by atoms with Crippen LogP contribution in [0, 0.1) is 17.3 Å². The van der Waals surface area contributed by atoms with Gasteiger partial charge in [0, 0.05) is 44.1 Å². The third-order valence-corrected chi connectivity index (χ3v) is 5.31. The van der Waals surface area contributed by atoms with Crippen LogP contribution in [0.2, 0.25) is 0 Å². The minimum Gasteiger partial charge on any atom is -0.342 e. The van der Waals surface area contributed by atoms with Crippen molar-refractivity contribution in [3.63, 3.8) is 0 Å². The molecule has 1 aliphatic carbocycles. The fourth-order valence-electron chi connectivity index (χ4n) is 3.81. The molecule has 0 radical (unpaired) electrons. The molecule has 2 heterocycles. The van der Waals surface area contributed by atoms with Gasteiger partial charge in [-0.1, -0.05) is 19.9 Å². The minimum atomic E-state index is 0.0437. The molecule has 1 aliphatic heterocycles. The van der Waals surface area contributed by atoms with Crippen LogP contribution >= 0.6 is 0 Å². The lowest BCUT2D eigenvalue weighted by Crippen LogP contribution is -2.32. The van der Waals surface area contributed by atoms with Gasteiger partial charge in [-0.25, -0.2) is 0 Å². The predicted octanol–water partition coefficient (Wildman–Crippen LogP) is 2.32. The second-order valence-corrected chi connectivity index (χ2v) is 7.80. The van der Waals surface area contributed by atoms with E-state index in [4.69, 9.17) is 0 Å². The molecule has 2 fully saturated rings. The number of carbonyl (C=O) groups excluding carboxylic acids is 2. The highest BCUT2D eigenvalue weighted by atomic mass is 16.2. The normalized spacial score (nSPS) is 25.3. The molecule has 2 atom stereocenters. The molecule has 130 valence electrons. The summed E-state index contributed by atoms with van der Waals surface area (Å²) in [4.78, 5) is 33.0. The quantitative estimate of drug-likeness (QED) is 0.833. The van der Waals surface area contributed by atoms with E-state index in [0.717, 1.165) is 31.6 Å². The first kappa shape index (κ1) is 16.9. The average molecular weight is 329 g/mol. The van der Waals surface area contributed by atoms with E-state index < -0.39 is 0 Å². The van der Waals surface area contributed by atoms with E-state index in [9.17, 15) is 9.59 Å². The van der Waals surface area contributed by atoms with Gasteiger partial charge in [-0.05, 0) is 30.9 Å². The van der Waals surface area contributed by atoms with Crippen molar-refractivity contribution in [3.8, 4) is 0 Å². The molecule has 1 aromatic heterocycles. The molecular weight excluding hydrogens is 302 g/mol. The zero-order chi connectivity index (χ0) is 17.3. The van der Waals surface area contributed by atoms with Crippen LogP contribution in [0.1, 0.15) is 38.8 Å². The summed E-state index contributed by atoms with van der Waals surface area (Å²) < 4.78 is 0. The van der Waals surface area contributed by atoms with Gasteiger partial charge >= 0.3 is 0 Å². The maximum atomic E-state index is 12.7. The lowest BCUT2D eigenvalue weighted by atomic mass is 10.0. The summed E-state index contributed by atoms with van der Waals surface area (Å²) in [6.07, 6.45) is 4.24. The summed E-state index contributed by atoms with van der Waals surface area (Å²) in [5, 5.41) is 0. The molecule has 1 spiro atoms. The van der Waals surface area contributed by atoms with E-state index in [0.29, 0.717) is 18.9 Å². The number of carbonyl (C=O) groups is 2. The Labute approximate surface area is 144 Å². The van der Waals surface area contributed by atoms with Gasteiger partial charge in [0.05, 0.1) is 12.2 Å². The molecule has 3 rings (SSSR count). The Kier molecular flexibility index (Phi) is 4.61. The van der Waals surface area contributed by atoms with E-state index in [1.807, 2.05) is 30.1 Å². The maximum absolute atomic E-state index is 12.7. The number of aromatic nitrogens is 1. The Hall–Kier alpha value is -1.91. The zero-order valence-corrected chi connectivity index (χ0v) is 14.9. The molecule has 0 unspecified atom stereocenters. The summed E-state index contributed by atoms with van der Waals surface area (Å²) in [6, 6.07) is 5.76. The van der Waals surface area contributed by atoms with Gasteiger partial charge in [-0.3, -0.25) is 14.6 Å². The van der Waals surface area contributed by atoms with E-state index in [1.165, 1.54) is 0 Å². The van der Waals surface area contributed by atoms with Crippen LogP contribution in [0.15, 0.2) is 24.4 Å². The zero-order valence-electron chi connectivity index (χ0n) is 14.9. The van der Waals surface area contributed by atoms with Crippen molar-refractivity contribution in [2.45, 2.75) is 39.7 Å². The topological polar surface area (TPSA) is 53.5 Å². The highest BCUT2D eigenvalue weighted by molar-refractivity contribution is 5.83. The van der Waals surface area contributed by atoms with Gasteiger partial charge in [0.15, 0.2) is 0 Å². The highest BCUT2D eigenvalue weighted by Crippen LogP contribution is 2.59. The van der Waals surface area contributed by atoms with Crippen LogP contribution in [0.25, 0.3) is 0 Å². The third-order valence-electron chi connectivity index (χ3n) is 5.31. The third kappa shape index (κ3) is 3.45. The molecule has 2 aliphatic rings. The van der Waals surface area contributed by atoms with Crippen molar-refractivity contribution in [3.05, 3.63) is 30.1 Å². The fraction of sp³-hybridized carbons (Fsp3) is 0.632. The van der Waals surface area contributed by atoms with Crippen LogP contribution in [0.4, 0.5) is 0 Å². The monoisotopic (exact) mass is 329 g/mol. The van der Waals surface area contributed by atoms with Gasteiger partial charge in [0.25, 0.3) is 0 Å². The largest absolute Gasteiger partial charge is 0.342 e. The minimum absolute atomic E-state index is 0.0437. The van der Waals surface area contributed by atoms with Crippen LogP contribution in [-0.4, -0.2) is 46.7 Å². The molecule has 0 aromatic carbocycles. The Bertz CT molecular complexity index is 616. The van der Waals surface area contributed by atoms with Crippen LogP contribution in [-0.2, 0) is 16.1 Å². The standard InChI is InChI=1S/C19H27N3O2/c1-14(2)10-17(23)22-9-7-19(13-22)11-16(19)18(24)21(3)12-15-6-4-5-8-20-15/h4-6,8,14,16H,7,9-13H2,1-3H3/t16-,19+/m1/s1. The molecule has 2 amide bonds. The van der Waals surface area contributed by atoms with Crippen LogP contribution in [0.5, 0.6) is 0 Å². The first-order valence-electron chi connectivity index (χ1n) is 8.84. The Morgan fingerprint density at radius 1 is 1.42 bits per heavy atom. The maximum Gasteiger partial charge on any atom is 0.226 e. The van der Waals surface area contributed by atoms with Crippen molar-refractivity contribution in [1.29, 1.82) is 0 Å². The van der Waals surface area contributed by atoms with Crippen molar-refractivity contribution >= 4 is 11.8 Å². The molecule has 1 aromatic rings. The summed E-state index contributed by atoms with van der Waals surface area (Å²) in [5.41, 5.74) is 0.949. The van der Waals surface area contributed by atoms with Crippen molar-refractivity contribution in [2.24, 2.45) is 17.3 Å². The van der Waals surface area contributed by atoms with Gasteiger partial charge < -0.3 is 9.80 Å². The molecule has 1 saturated heterocycles. The van der Waals surface area contributed by atoms with Gasteiger partial charge in [0.2, 0.25) is 11.8 Å². The second kappa shape index (κ2) is 6.54. The average Bonchev–Trinajstić information content (AvgIpc) is 3.06. The molecular formula is C19H27N3O2. The summed E-state index contributed by atoms with van der Waals surface area (Å²) >= 11 is 0. The smallest absolute Gasteiger partial charge is 0.226 e. The number of nitrogens with zero attached hydrogens (tertiary/aromatic N) is 3. The van der Waals surface area contributed by atoms with E-state index in [-0.39, 0.29) is 23.1 Å². The molecule has 0 N–H and O–H groups in total. The second-order valence-electron chi connectivity index (χ2n) is 7.80. The fourth-order valence-corrected chi connectivity index (χ4v) is 3.81. The number of rotatable bonds is 5. The number of likely N-dealkylation sites (tertiary alicyclic amines) is 1. The predicted molar refractivity (Wildman–Crippen MR) is 91.9 cm³/mol. The first-order chi connectivity index (χ1) is 11.4. The number of pyridine rings is 1. The van der Waals surface area contributed by atoms with E-state index in [1.54, 1.807) is 11.1 Å². The lowest BCUT2D eigenvalue weighted by Gasteiger charge is -2.20. The van der Waals surface area contributed by atoms with Crippen molar-refractivity contribution in [1.82, 2.24) is 14.8 Å². The van der Waals surface area contributed by atoms with E-state index in [2.05, 4.69) is 18.8 Å². The molecule has 0 bridgehead atoms. The Morgan fingerprint density at radius 3 is 2.88 bits per heavy atom. The highest BCUT2D eigenvalue weighted by Gasteiger charge is 2.61. The first-order valence-corrected chi connectivity index (χ1v) is 8.84. The van der Waals surface area contributed by atoms with Gasteiger partial charge in [-0.2, -0.15) is 0 Å². The molecule has 5 heteroatoms. The number of hydrogen-bond acceptors (Lipinski definition) is 3. The molecule has 24 heavy (non-hydrogen) atoms. The lowest BCUT2D eigenvalue weighted by molar-refractivity contribution is -0.134. The summed E-state index contributed by atoms with van der Waals surface area (Å²) in [5.74, 6) is 0.888. The number of hydrogen-bond donors (Lipinski definition) is 0. The summed E-state index contributed by atoms with van der Waals surface area (Å²) in [7, 11) is 1.85.